The fraction of sp³-hybridized carbons (Fsp3) is 0.273. The highest BCUT2D eigenvalue weighted by atomic mass is 32.1. The van der Waals surface area contributed by atoms with Gasteiger partial charge in [-0.1, -0.05) is 24.3 Å². The van der Waals surface area contributed by atoms with E-state index in [1.807, 2.05) is 6.07 Å². The largest absolute Gasteiger partial charge is 0.489 e. The molecule has 0 unspecified atom stereocenters. The summed E-state index contributed by atoms with van der Waals surface area (Å²) < 4.78 is 49.6. The molecular formula is C22H20F3N3O3S. The van der Waals surface area contributed by atoms with Crippen LogP contribution < -0.4 is 10.2 Å². The minimum Gasteiger partial charge on any atom is -0.489 e. The van der Waals surface area contributed by atoms with E-state index in [1.165, 1.54) is 17.4 Å². The molecule has 2 aromatic carbocycles. The first-order valence-electron chi connectivity index (χ1n) is 9.87. The molecule has 32 heavy (non-hydrogen) atoms. The molecule has 0 spiro atoms. The first-order valence-corrected chi connectivity index (χ1v) is 10.7. The lowest BCUT2D eigenvalue weighted by Crippen LogP contribution is -2.48. The van der Waals surface area contributed by atoms with Gasteiger partial charge in [0.15, 0.2) is 0 Å². The zero-order chi connectivity index (χ0) is 22.6. The summed E-state index contributed by atoms with van der Waals surface area (Å²) in [7, 11) is 0. The van der Waals surface area contributed by atoms with E-state index in [1.54, 1.807) is 34.7 Å². The standard InChI is InChI=1S/C22H20F3N3O3S/c23-22(24,25)17-5-1-3-15(11-17)13-31-18-6-2-4-16(12-18)21-26-19(14-32-21)20(29)27-28-7-9-30-10-8-28/h1-6,11-12,14H,7-10,13H2,(H,27,29). The van der Waals surface area contributed by atoms with Crippen molar-refractivity contribution < 1.29 is 27.4 Å². The maximum atomic E-state index is 12.9. The number of carbonyl (C=O) groups excluding carboxylic acids is 1. The number of amides is 1. The van der Waals surface area contributed by atoms with Gasteiger partial charge in [0.25, 0.3) is 5.91 Å². The van der Waals surface area contributed by atoms with Crippen molar-refractivity contribution in [1.82, 2.24) is 15.4 Å². The molecule has 1 aliphatic rings. The smallest absolute Gasteiger partial charge is 0.416 e. The van der Waals surface area contributed by atoms with Crippen molar-refractivity contribution in [2.45, 2.75) is 12.8 Å². The average molecular weight is 463 g/mol. The zero-order valence-corrected chi connectivity index (χ0v) is 17.7. The van der Waals surface area contributed by atoms with Crippen molar-refractivity contribution >= 4 is 17.2 Å². The molecule has 1 aromatic heterocycles. The van der Waals surface area contributed by atoms with Crippen LogP contribution in [-0.4, -0.2) is 42.2 Å². The molecule has 1 amide bonds. The molecule has 4 rings (SSSR count). The molecule has 1 saturated heterocycles. The van der Waals surface area contributed by atoms with E-state index in [0.717, 1.165) is 17.7 Å². The third-order valence-corrected chi connectivity index (χ3v) is 5.64. The van der Waals surface area contributed by atoms with Crippen LogP contribution in [0.2, 0.25) is 0 Å². The van der Waals surface area contributed by atoms with Crippen LogP contribution in [0.4, 0.5) is 13.2 Å². The predicted octanol–water partition coefficient (Wildman–Crippen LogP) is 4.38. The second-order valence-electron chi connectivity index (χ2n) is 7.09. The van der Waals surface area contributed by atoms with Crippen LogP contribution >= 0.6 is 11.3 Å². The molecule has 3 aromatic rings. The van der Waals surface area contributed by atoms with E-state index >= 15 is 0 Å². The number of nitrogens with one attached hydrogen (secondary N) is 1. The third-order valence-electron chi connectivity index (χ3n) is 4.75. The highest BCUT2D eigenvalue weighted by Crippen LogP contribution is 2.30. The Bertz CT molecular complexity index is 1080. The van der Waals surface area contributed by atoms with Crippen molar-refractivity contribution in [2.75, 3.05) is 26.3 Å². The van der Waals surface area contributed by atoms with Gasteiger partial charge in [0.1, 0.15) is 23.1 Å². The van der Waals surface area contributed by atoms with Crippen LogP contribution in [0.3, 0.4) is 0 Å². The molecule has 0 atom stereocenters. The van der Waals surface area contributed by atoms with Gasteiger partial charge in [-0.25, -0.2) is 9.99 Å². The Morgan fingerprint density at radius 2 is 1.94 bits per heavy atom. The Kier molecular flexibility index (Phi) is 6.73. The molecule has 0 aliphatic carbocycles. The quantitative estimate of drug-likeness (QED) is 0.588. The Morgan fingerprint density at radius 1 is 1.16 bits per heavy atom. The van der Waals surface area contributed by atoms with Gasteiger partial charge in [-0.05, 0) is 29.8 Å². The van der Waals surface area contributed by atoms with E-state index in [4.69, 9.17) is 9.47 Å². The number of alkyl halides is 3. The van der Waals surface area contributed by atoms with Crippen LogP contribution in [0.5, 0.6) is 5.75 Å². The second kappa shape index (κ2) is 9.68. The van der Waals surface area contributed by atoms with Gasteiger partial charge in [-0.3, -0.25) is 10.2 Å². The van der Waals surface area contributed by atoms with Gasteiger partial charge in [-0.2, -0.15) is 13.2 Å². The number of aromatic nitrogens is 1. The van der Waals surface area contributed by atoms with Gasteiger partial charge in [0.05, 0.1) is 18.8 Å². The van der Waals surface area contributed by atoms with E-state index in [9.17, 15) is 18.0 Å². The lowest BCUT2D eigenvalue weighted by Gasteiger charge is -2.26. The van der Waals surface area contributed by atoms with Crippen molar-refractivity contribution in [1.29, 1.82) is 0 Å². The van der Waals surface area contributed by atoms with Gasteiger partial charge < -0.3 is 9.47 Å². The maximum Gasteiger partial charge on any atom is 0.416 e. The van der Waals surface area contributed by atoms with E-state index in [-0.39, 0.29) is 12.5 Å². The fourth-order valence-corrected chi connectivity index (χ4v) is 3.91. The SMILES string of the molecule is O=C(NN1CCOCC1)c1csc(-c2cccc(OCc3cccc(C(F)(F)F)c3)c2)n1. The van der Waals surface area contributed by atoms with Crippen LogP contribution in [0, 0.1) is 0 Å². The normalized spacial score (nSPS) is 14.8. The number of hydrazine groups is 1. The highest BCUT2D eigenvalue weighted by Gasteiger charge is 2.30. The zero-order valence-electron chi connectivity index (χ0n) is 16.9. The topological polar surface area (TPSA) is 63.7 Å². The Balaban J connectivity index is 1.40. The number of nitrogens with zero attached hydrogens (tertiary/aromatic N) is 2. The van der Waals surface area contributed by atoms with Gasteiger partial charge in [0.2, 0.25) is 0 Å². The molecule has 0 saturated carbocycles. The molecule has 2 heterocycles. The van der Waals surface area contributed by atoms with Crippen LogP contribution in [-0.2, 0) is 17.5 Å². The first-order chi connectivity index (χ1) is 15.4. The van der Waals surface area contributed by atoms with Crippen LogP contribution in [0.1, 0.15) is 21.6 Å². The van der Waals surface area contributed by atoms with E-state index in [0.29, 0.717) is 48.3 Å². The summed E-state index contributed by atoms with van der Waals surface area (Å²) in [4.78, 5) is 16.8. The number of halogens is 3. The number of morpholine rings is 1. The summed E-state index contributed by atoms with van der Waals surface area (Å²) in [5.41, 5.74) is 3.59. The van der Waals surface area contributed by atoms with Crippen molar-refractivity contribution in [2.24, 2.45) is 0 Å². The highest BCUT2D eigenvalue weighted by molar-refractivity contribution is 7.13. The summed E-state index contributed by atoms with van der Waals surface area (Å²) in [5, 5.41) is 4.12. The molecule has 1 aliphatic heterocycles. The number of hydrogen-bond donors (Lipinski definition) is 1. The summed E-state index contributed by atoms with van der Waals surface area (Å²) >= 11 is 1.33. The minimum atomic E-state index is -4.40. The van der Waals surface area contributed by atoms with E-state index in [2.05, 4.69) is 10.4 Å². The number of carbonyl (C=O) groups is 1. The average Bonchev–Trinajstić information content (AvgIpc) is 3.29. The summed E-state index contributed by atoms with van der Waals surface area (Å²) in [6.07, 6.45) is -4.40. The Morgan fingerprint density at radius 3 is 2.72 bits per heavy atom. The molecular weight excluding hydrogens is 443 g/mol. The van der Waals surface area contributed by atoms with E-state index < -0.39 is 11.7 Å². The number of rotatable bonds is 6. The molecule has 0 radical (unpaired) electrons. The number of hydrogen-bond acceptors (Lipinski definition) is 6. The van der Waals surface area contributed by atoms with Gasteiger partial charge >= 0.3 is 6.18 Å². The summed E-state index contributed by atoms with van der Waals surface area (Å²) in [6, 6.07) is 12.1. The second-order valence-corrected chi connectivity index (χ2v) is 7.95. The lowest BCUT2D eigenvalue weighted by molar-refractivity contribution is -0.137. The monoisotopic (exact) mass is 463 g/mol. The molecule has 0 bridgehead atoms. The maximum absolute atomic E-state index is 12.9. The van der Waals surface area contributed by atoms with Crippen molar-refractivity contribution in [3.05, 3.63) is 70.7 Å². The number of thiazole rings is 1. The molecule has 6 nitrogen and oxygen atoms in total. The predicted molar refractivity (Wildman–Crippen MR) is 113 cm³/mol. The Labute approximate surface area is 186 Å². The van der Waals surface area contributed by atoms with Crippen LogP contribution in [0.15, 0.2) is 53.9 Å². The number of benzene rings is 2. The van der Waals surface area contributed by atoms with Crippen molar-refractivity contribution in [3.8, 4) is 16.3 Å². The third kappa shape index (κ3) is 5.64. The summed E-state index contributed by atoms with van der Waals surface area (Å²) in [6.45, 7) is 2.37. The minimum absolute atomic E-state index is 0.00154. The van der Waals surface area contributed by atoms with Gasteiger partial charge in [0, 0.05) is 24.0 Å². The Hall–Kier alpha value is -2.95. The molecule has 10 heteroatoms. The molecule has 1 N–H and O–H groups in total. The fourth-order valence-electron chi connectivity index (χ4n) is 3.11. The number of ether oxygens (including phenoxy) is 2. The molecule has 1 fully saturated rings. The van der Waals surface area contributed by atoms with Gasteiger partial charge in [-0.15, -0.1) is 11.3 Å². The lowest BCUT2D eigenvalue weighted by atomic mass is 10.1. The summed E-state index contributed by atoms with van der Waals surface area (Å²) in [5.74, 6) is 0.209. The first kappa shape index (κ1) is 22.3. The van der Waals surface area contributed by atoms with Crippen LogP contribution in [0.25, 0.3) is 10.6 Å². The molecule has 168 valence electrons. The van der Waals surface area contributed by atoms with Crippen molar-refractivity contribution in [3.63, 3.8) is 0 Å².